The Labute approximate surface area is 170 Å². The van der Waals surface area contributed by atoms with Crippen LogP contribution < -0.4 is 24.4 Å². The molecule has 1 aliphatic rings. The number of nitrogens with one attached hydrogen (secondary N) is 1. The van der Waals surface area contributed by atoms with Gasteiger partial charge in [-0.15, -0.1) is 0 Å². The molecular weight excluding hydrogens is 374 g/mol. The molecule has 2 aromatic carbocycles. The van der Waals surface area contributed by atoms with Crippen LogP contribution in [0.15, 0.2) is 36.4 Å². The molecule has 3 rings (SSSR count). The van der Waals surface area contributed by atoms with Gasteiger partial charge in [-0.3, -0.25) is 9.59 Å². The van der Waals surface area contributed by atoms with Crippen LogP contribution in [-0.4, -0.2) is 64.7 Å². The summed E-state index contributed by atoms with van der Waals surface area (Å²) in [4.78, 5) is 27.5. The molecule has 0 radical (unpaired) electrons. The Morgan fingerprint density at radius 3 is 2.00 bits per heavy atom. The number of carbonyl (C=O) groups is 2. The van der Waals surface area contributed by atoms with Gasteiger partial charge in [0.15, 0.2) is 11.5 Å². The minimum atomic E-state index is -0.281. The predicted molar refractivity (Wildman–Crippen MR) is 110 cm³/mol. The van der Waals surface area contributed by atoms with E-state index in [4.69, 9.17) is 14.2 Å². The van der Waals surface area contributed by atoms with E-state index in [1.54, 1.807) is 17.0 Å². The molecule has 2 amide bonds. The first-order valence-electron chi connectivity index (χ1n) is 9.25. The number of piperazine rings is 1. The lowest BCUT2D eigenvalue weighted by Crippen LogP contribution is -2.45. The molecule has 0 bridgehead atoms. The van der Waals surface area contributed by atoms with Crippen molar-refractivity contribution in [2.24, 2.45) is 0 Å². The highest BCUT2D eigenvalue weighted by Gasteiger charge is 2.18. The fourth-order valence-electron chi connectivity index (χ4n) is 3.26. The van der Waals surface area contributed by atoms with E-state index in [-0.39, 0.29) is 5.91 Å². The number of hydrogen-bond acceptors (Lipinski definition) is 6. The highest BCUT2D eigenvalue weighted by molar-refractivity contribution is 6.05. The summed E-state index contributed by atoms with van der Waals surface area (Å²) >= 11 is 0. The van der Waals surface area contributed by atoms with E-state index in [0.29, 0.717) is 41.6 Å². The Balaban J connectivity index is 1.70. The number of amides is 2. The Bertz CT molecular complexity index is 836. The molecule has 0 atom stereocenters. The molecule has 1 aliphatic heterocycles. The van der Waals surface area contributed by atoms with E-state index in [2.05, 4.69) is 10.2 Å². The Kier molecular flexibility index (Phi) is 6.43. The zero-order chi connectivity index (χ0) is 20.8. The number of ether oxygens (including phenoxy) is 3. The normalized spacial score (nSPS) is 13.6. The zero-order valence-corrected chi connectivity index (χ0v) is 16.8. The lowest BCUT2D eigenvalue weighted by molar-refractivity contribution is -0.118. The summed E-state index contributed by atoms with van der Waals surface area (Å²) in [5.41, 5.74) is 2.13. The van der Waals surface area contributed by atoms with Gasteiger partial charge < -0.3 is 29.3 Å². The monoisotopic (exact) mass is 399 g/mol. The predicted octanol–water partition coefficient (Wildman–Crippen LogP) is 2.24. The van der Waals surface area contributed by atoms with Gasteiger partial charge in [-0.05, 0) is 36.4 Å². The third kappa shape index (κ3) is 4.53. The molecule has 1 heterocycles. The number of methoxy groups -OCH3 is 3. The first-order valence-corrected chi connectivity index (χ1v) is 9.25. The standard InChI is InChI=1S/C21H25N3O5/c1-27-18-12-15(13-19(28-2)20(18)29-3)21(26)22-16-4-6-17(7-5-16)24-10-8-23(14-25)9-11-24/h4-7,12-14H,8-11H2,1-3H3,(H,22,26). The molecule has 0 aliphatic carbocycles. The van der Waals surface area contributed by atoms with Crippen molar-refractivity contribution in [1.29, 1.82) is 0 Å². The van der Waals surface area contributed by atoms with Gasteiger partial charge in [-0.1, -0.05) is 0 Å². The van der Waals surface area contributed by atoms with Crippen LogP contribution in [0.25, 0.3) is 0 Å². The fraction of sp³-hybridized carbons (Fsp3) is 0.333. The Morgan fingerprint density at radius 1 is 0.931 bits per heavy atom. The van der Waals surface area contributed by atoms with Gasteiger partial charge in [-0.25, -0.2) is 0 Å². The van der Waals surface area contributed by atoms with Crippen LogP contribution in [0.3, 0.4) is 0 Å². The summed E-state index contributed by atoms with van der Waals surface area (Å²) < 4.78 is 15.9. The molecule has 0 unspecified atom stereocenters. The van der Waals surface area contributed by atoms with Gasteiger partial charge in [0, 0.05) is 43.1 Å². The maximum atomic E-state index is 12.7. The first kappa shape index (κ1) is 20.3. The summed E-state index contributed by atoms with van der Waals surface area (Å²) in [7, 11) is 4.53. The third-order valence-electron chi connectivity index (χ3n) is 4.88. The van der Waals surface area contributed by atoms with E-state index in [1.807, 2.05) is 24.3 Å². The van der Waals surface area contributed by atoms with Crippen molar-refractivity contribution in [3.05, 3.63) is 42.0 Å². The van der Waals surface area contributed by atoms with Crippen LogP contribution in [0.4, 0.5) is 11.4 Å². The lowest BCUT2D eigenvalue weighted by Gasteiger charge is -2.34. The topological polar surface area (TPSA) is 80.3 Å². The number of carbonyl (C=O) groups excluding carboxylic acids is 2. The Hall–Kier alpha value is -3.42. The quantitative estimate of drug-likeness (QED) is 0.720. The molecule has 154 valence electrons. The number of anilines is 2. The largest absolute Gasteiger partial charge is 0.493 e. The average Bonchev–Trinajstić information content (AvgIpc) is 2.78. The smallest absolute Gasteiger partial charge is 0.255 e. The molecule has 0 spiro atoms. The minimum Gasteiger partial charge on any atom is -0.493 e. The maximum absolute atomic E-state index is 12.7. The van der Waals surface area contributed by atoms with Gasteiger partial charge in [0.1, 0.15) is 0 Å². The molecule has 1 fully saturated rings. The van der Waals surface area contributed by atoms with Crippen LogP contribution >= 0.6 is 0 Å². The van der Waals surface area contributed by atoms with Crippen molar-refractivity contribution in [3.8, 4) is 17.2 Å². The van der Waals surface area contributed by atoms with Gasteiger partial charge in [0.2, 0.25) is 12.2 Å². The van der Waals surface area contributed by atoms with Crippen LogP contribution in [0.2, 0.25) is 0 Å². The summed E-state index contributed by atoms with van der Waals surface area (Å²) in [6.07, 6.45) is 0.888. The molecule has 1 N–H and O–H groups in total. The lowest BCUT2D eigenvalue weighted by atomic mass is 10.1. The van der Waals surface area contributed by atoms with E-state index < -0.39 is 0 Å². The molecule has 1 saturated heterocycles. The number of rotatable bonds is 7. The minimum absolute atomic E-state index is 0.281. The van der Waals surface area contributed by atoms with Crippen molar-refractivity contribution in [1.82, 2.24) is 4.90 Å². The summed E-state index contributed by atoms with van der Waals surface area (Å²) in [6, 6.07) is 10.9. The number of hydrogen-bond donors (Lipinski definition) is 1. The fourth-order valence-corrected chi connectivity index (χ4v) is 3.26. The van der Waals surface area contributed by atoms with Crippen LogP contribution in [0.5, 0.6) is 17.2 Å². The molecule has 0 aromatic heterocycles. The van der Waals surface area contributed by atoms with E-state index in [0.717, 1.165) is 25.2 Å². The van der Waals surface area contributed by atoms with E-state index in [1.165, 1.54) is 21.3 Å². The first-order chi connectivity index (χ1) is 14.1. The van der Waals surface area contributed by atoms with Crippen LogP contribution in [-0.2, 0) is 4.79 Å². The van der Waals surface area contributed by atoms with E-state index in [9.17, 15) is 9.59 Å². The molecule has 8 heteroatoms. The van der Waals surface area contributed by atoms with Crippen molar-refractivity contribution in [2.75, 3.05) is 57.7 Å². The van der Waals surface area contributed by atoms with Crippen molar-refractivity contribution < 1.29 is 23.8 Å². The Morgan fingerprint density at radius 2 is 1.52 bits per heavy atom. The molecule has 2 aromatic rings. The average molecular weight is 399 g/mol. The number of benzene rings is 2. The molecule has 29 heavy (non-hydrogen) atoms. The summed E-state index contributed by atoms with van der Waals surface area (Å²) in [6.45, 7) is 3.00. The van der Waals surface area contributed by atoms with Crippen LogP contribution in [0.1, 0.15) is 10.4 Å². The molecule has 8 nitrogen and oxygen atoms in total. The second-order valence-corrected chi connectivity index (χ2v) is 6.54. The van der Waals surface area contributed by atoms with Crippen molar-refractivity contribution >= 4 is 23.7 Å². The highest BCUT2D eigenvalue weighted by atomic mass is 16.5. The SMILES string of the molecule is COc1cc(C(=O)Nc2ccc(N3CCN(C=O)CC3)cc2)cc(OC)c1OC. The summed E-state index contributed by atoms with van der Waals surface area (Å²) in [5, 5.41) is 2.88. The molecule has 0 saturated carbocycles. The highest BCUT2D eigenvalue weighted by Crippen LogP contribution is 2.38. The van der Waals surface area contributed by atoms with Crippen molar-refractivity contribution in [2.45, 2.75) is 0 Å². The molecular formula is C21H25N3O5. The summed E-state index contributed by atoms with van der Waals surface area (Å²) in [5.74, 6) is 0.991. The zero-order valence-electron chi connectivity index (χ0n) is 16.8. The van der Waals surface area contributed by atoms with Crippen LogP contribution in [0, 0.1) is 0 Å². The van der Waals surface area contributed by atoms with Gasteiger partial charge in [-0.2, -0.15) is 0 Å². The maximum Gasteiger partial charge on any atom is 0.255 e. The van der Waals surface area contributed by atoms with Crippen molar-refractivity contribution in [3.63, 3.8) is 0 Å². The van der Waals surface area contributed by atoms with Gasteiger partial charge in [0.25, 0.3) is 5.91 Å². The van der Waals surface area contributed by atoms with Gasteiger partial charge in [0.05, 0.1) is 21.3 Å². The van der Waals surface area contributed by atoms with Gasteiger partial charge >= 0.3 is 0 Å². The number of nitrogens with zero attached hydrogens (tertiary/aromatic N) is 2. The van der Waals surface area contributed by atoms with E-state index >= 15 is 0 Å². The third-order valence-corrected chi connectivity index (χ3v) is 4.88. The second kappa shape index (κ2) is 9.18. The second-order valence-electron chi connectivity index (χ2n) is 6.54.